The number of ether oxygens (including phenoxy) is 2. The maximum atomic E-state index is 12.8. The maximum Gasteiger partial charge on any atom is 0.350 e. The van der Waals surface area contributed by atoms with Gasteiger partial charge in [0, 0.05) is 38.9 Å². The molecule has 0 saturated heterocycles. The highest BCUT2D eigenvalue weighted by molar-refractivity contribution is 5.69. The van der Waals surface area contributed by atoms with Crippen molar-refractivity contribution < 1.29 is 19.1 Å². The molecule has 12 heteroatoms. The van der Waals surface area contributed by atoms with E-state index in [1.807, 2.05) is 0 Å². The first kappa shape index (κ1) is 53.5. The summed E-state index contributed by atoms with van der Waals surface area (Å²) in [5.41, 5.74) is 5.30. The Morgan fingerprint density at radius 1 is 0.690 bits per heavy atom. The fraction of sp³-hybridized carbons (Fsp3) is 0.870. The standard InChI is InChI=1S/C46H89N7O5/c1-4-7-10-12-14-22-28-37-57-44(54)30-24-18-15-20-26-34-52(40-50-41-53-36-32-43(47)51-46(53)56)35-27-21-16-19-25-31-45(55)58-42(29-23-17-13-11-8-5-2)38-49-39-48-33-9-6-3/h32,36,42,48-50H,4-31,33-35,37-41H2,1-3H3,(H2,47,51,56). The Kier molecular flexibility index (Phi) is 36.8. The van der Waals surface area contributed by atoms with Crippen LogP contribution in [0, 0.1) is 0 Å². The van der Waals surface area contributed by atoms with Gasteiger partial charge in [0.15, 0.2) is 0 Å². The van der Waals surface area contributed by atoms with Gasteiger partial charge in [-0.25, -0.2) is 4.79 Å². The minimum atomic E-state index is -0.357. The molecule has 338 valence electrons. The summed E-state index contributed by atoms with van der Waals surface area (Å²) >= 11 is 0. The molecule has 0 aromatic carbocycles. The van der Waals surface area contributed by atoms with Gasteiger partial charge in [0.1, 0.15) is 11.9 Å². The van der Waals surface area contributed by atoms with Gasteiger partial charge in [-0.15, -0.1) is 0 Å². The van der Waals surface area contributed by atoms with Gasteiger partial charge >= 0.3 is 17.6 Å². The van der Waals surface area contributed by atoms with Crippen molar-refractivity contribution in [3.8, 4) is 0 Å². The molecule has 1 rings (SSSR count). The van der Waals surface area contributed by atoms with Gasteiger partial charge in [-0.3, -0.25) is 24.4 Å². The number of esters is 2. The molecule has 0 bridgehead atoms. The number of carbonyl (C=O) groups is 2. The van der Waals surface area contributed by atoms with Gasteiger partial charge in [0.25, 0.3) is 0 Å². The Morgan fingerprint density at radius 3 is 1.86 bits per heavy atom. The molecule has 0 aliphatic rings. The number of hydrogen-bond donors (Lipinski definition) is 4. The van der Waals surface area contributed by atoms with Crippen LogP contribution in [0.2, 0.25) is 0 Å². The summed E-state index contributed by atoms with van der Waals surface area (Å²) < 4.78 is 12.9. The summed E-state index contributed by atoms with van der Waals surface area (Å²) in [5, 5.41) is 10.3. The number of rotatable bonds is 43. The highest BCUT2D eigenvalue weighted by Gasteiger charge is 2.14. The maximum absolute atomic E-state index is 12.8. The van der Waals surface area contributed by atoms with Crippen molar-refractivity contribution >= 4 is 17.8 Å². The van der Waals surface area contributed by atoms with Crippen molar-refractivity contribution in [1.82, 2.24) is 30.4 Å². The Balaban J connectivity index is 2.35. The third-order valence-electron chi connectivity index (χ3n) is 10.7. The molecule has 1 aromatic rings. The molecule has 0 fully saturated rings. The van der Waals surface area contributed by atoms with E-state index in [2.05, 4.69) is 46.6 Å². The molecule has 0 radical (unpaired) electrons. The number of nitrogen functional groups attached to an aromatic ring is 1. The lowest BCUT2D eigenvalue weighted by Gasteiger charge is -2.23. The molecule has 1 atom stereocenters. The van der Waals surface area contributed by atoms with E-state index < -0.39 is 0 Å². The number of anilines is 1. The summed E-state index contributed by atoms with van der Waals surface area (Å²) in [4.78, 5) is 43.3. The van der Waals surface area contributed by atoms with E-state index in [9.17, 15) is 14.4 Å². The predicted octanol–water partition coefficient (Wildman–Crippen LogP) is 9.21. The van der Waals surface area contributed by atoms with Crippen LogP contribution in [0.15, 0.2) is 17.1 Å². The second kappa shape index (κ2) is 39.9. The van der Waals surface area contributed by atoms with Gasteiger partial charge in [0.2, 0.25) is 0 Å². The highest BCUT2D eigenvalue weighted by atomic mass is 16.5. The van der Waals surface area contributed by atoms with Gasteiger partial charge in [-0.05, 0) is 77.1 Å². The first-order valence-corrected chi connectivity index (χ1v) is 23.9. The number of nitrogens with zero attached hydrogens (tertiary/aromatic N) is 3. The molecular formula is C46H89N7O5. The predicted molar refractivity (Wildman–Crippen MR) is 240 cm³/mol. The average Bonchev–Trinajstić information content (AvgIpc) is 3.21. The van der Waals surface area contributed by atoms with Crippen LogP contribution in [0.4, 0.5) is 5.82 Å². The van der Waals surface area contributed by atoms with Crippen LogP contribution < -0.4 is 27.4 Å². The van der Waals surface area contributed by atoms with Crippen LogP contribution in [0.1, 0.15) is 201 Å². The summed E-state index contributed by atoms with van der Waals surface area (Å²) in [6.45, 7) is 12.7. The van der Waals surface area contributed by atoms with Crippen molar-refractivity contribution in [3.05, 3.63) is 22.7 Å². The average molecular weight is 820 g/mol. The zero-order valence-corrected chi connectivity index (χ0v) is 37.6. The zero-order chi connectivity index (χ0) is 42.2. The van der Waals surface area contributed by atoms with Gasteiger partial charge in [0.05, 0.1) is 13.3 Å². The minimum absolute atomic E-state index is 0.0553. The zero-order valence-electron chi connectivity index (χ0n) is 37.6. The normalized spacial score (nSPS) is 12.0. The van der Waals surface area contributed by atoms with Crippen LogP contribution in [0.3, 0.4) is 0 Å². The van der Waals surface area contributed by atoms with E-state index in [1.165, 1.54) is 81.6 Å². The number of hydrogen-bond acceptors (Lipinski definition) is 11. The number of aromatic nitrogens is 2. The van der Waals surface area contributed by atoms with Gasteiger partial charge < -0.3 is 25.8 Å². The van der Waals surface area contributed by atoms with Crippen LogP contribution in [-0.2, 0) is 25.7 Å². The largest absolute Gasteiger partial charge is 0.466 e. The fourth-order valence-electron chi connectivity index (χ4n) is 7.06. The summed E-state index contributed by atoms with van der Waals surface area (Å²) in [5.74, 6) is 0.106. The molecule has 0 saturated carbocycles. The Hall–Kier alpha value is -2.54. The first-order valence-electron chi connectivity index (χ1n) is 23.9. The lowest BCUT2D eigenvalue weighted by molar-refractivity contribution is -0.149. The molecule has 0 spiro atoms. The lowest BCUT2D eigenvalue weighted by Crippen LogP contribution is -2.38. The molecule has 1 unspecified atom stereocenters. The summed E-state index contributed by atoms with van der Waals surface area (Å²) in [6.07, 6.45) is 32.2. The number of nitrogens with one attached hydrogen (secondary N) is 3. The lowest BCUT2D eigenvalue weighted by atomic mass is 10.1. The third kappa shape index (κ3) is 33.3. The van der Waals surface area contributed by atoms with Crippen LogP contribution >= 0.6 is 0 Å². The molecule has 0 aliphatic heterocycles. The minimum Gasteiger partial charge on any atom is -0.466 e. The van der Waals surface area contributed by atoms with Crippen molar-refractivity contribution in [3.63, 3.8) is 0 Å². The number of carbonyl (C=O) groups excluding carboxylic acids is 2. The van der Waals surface area contributed by atoms with Crippen LogP contribution in [0.5, 0.6) is 0 Å². The van der Waals surface area contributed by atoms with Crippen molar-refractivity contribution in [2.24, 2.45) is 0 Å². The van der Waals surface area contributed by atoms with E-state index in [0.29, 0.717) is 39.3 Å². The SMILES string of the molecule is CCCCCCCCCOC(=O)CCCCCCCN(CCCCCCCC(=O)OC(CCCCCCCC)CNCNCCCC)CNCn1ccc(N)nc1=O. The summed E-state index contributed by atoms with van der Waals surface area (Å²) in [7, 11) is 0. The van der Waals surface area contributed by atoms with E-state index in [4.69, 9.17) is 15.2 Å². The van der Waals surface area contributed by atoms with Gasteiger partial charge in [-0.1, -0.05) is 136 Å². The van der Waals surface area contributed by atoms with E-state index in [-0.39, 0.29) is 29.6 Å². The van der Waals surface area contributed by atoms with Gasteiger partial charge in [-0.2, -0.15) is 4.98 Å². The molecule has 1 heterocycles. The first-order chi connectivity index (χ1) is 28.4. The monoisotopic (exact) mass is 820 g/mol. The third-order valence-corrected chi connectivity index (χ3v) is 10.7. The second-order valence-electron chi connectivity index (χ2n) is 16.3. The van der Waals surface area contributed by atoms with Crippen LogP contribution in [0.25, 0.3) is 0 Å². The Labute approximate surface area is 354 Å². The Bertz CT molecular complexity index is 1140. The molecule has 12 nitrogen and oxygen atoms in total. The second-order valence-corrected chi connectivity index (χ2v) is 16.3. The van der Waals surface area contributed by atoms with E-state index in [1.54, 1.807) is 12.3 Å². The fourth-order valence-corrected chi connectivity index (χ4v) is 7.06. The molecule has 0 aliphatic carbocycles. The van der Waals surface area contributed by atoms with Crippen molar-refractivity contribution in [1.29, 1.82) is 0 Å². The molecule has 58 heavy (non-hydrogen) atoms. The highest BCUT2D eigenvalue weighted by Crippen LogP contribution is 2.14. The Morgan fingerprint density at radius 2 is 1.24 bits per heavy atom. The van der Waals surface area contributed by atoms with Crippen molar-refractivity contribution in [2.45, 2.75) is 213 Å². The smallest absolute Gasteiger partial charge is 0.350 e. The van der Waals surface area contributed by atoms with E-state index in [0.717, 1.165) is 116 Å². The molecular weight excluding hydrogens is 731 g/mol. The number of nitrogens with two attached hydrogens (primary N) is 1. The topological polar surface area (TPSA) is 153 Å². The van der Waals surface area contributed by atoms with Crippen molar-refractivity contribution in [2.75, 3.05) is 51.9 Å². The number of unbranched alkanes of at least 4 members (excludes halogenated alkanes) is 20. The molecule has 0 amide bonds. The molecule has 1 aromatic heterocycles. The molecule has 5 N–H and O–H groups in total. The quantitative estimate of drug-likeness (QED) is 0.0284. The summed E-state index contributed by atoms with van der Waals surface area (Å²) in [6, 6.07) is 1.64. The van der Waals surface area contributed by atoms with Crippen LogP contribution in [-0.4, -0.2) is 78.6 Å². The van der Waals surface area contributed by atoms with E-state index >= 15 is 0 Å².